The van der Waals surface area contributed by atoms with Gasteiger partial charge in [0.2, 0.25) is 5.91 Å². The van der Waals surface area contributed by atoms with Crippen LogP contribution in [0.3, 0.4) is 0 Å². The van der Waals surface area contributed by atoms with Gasteiger partial charge in [-0.05, 0) is 29.9 Å². The first-order valence-electron chi connectivity index (χ1n) is 9.96. The van der Waals surface area contributed by atoms with Crippen molar-refractivity contribution in [3.8, 4) is 0 Å². The number of benzene rings is 1. The van der Waals surface area contributed by atoms with Crippen molar-refractivity contribution in [2.24, 2.45) is 10.9 Å². The van der Waals surface area contributed by atoms with Crippen molar-refractivity contribution < 1.29 is 9.53 Å². The van der Waals surface area contributed by atoms with Gasteiger partial charge in [-0.3, -0.25) is 9.79 Å². The Balaban J connectivity index is 0.00000392. The maximum absolute atomic E-state index is 11.7. The van der Waals surface area contributed by atoms with E-state index in [1.807, 2.05) is 4.90 Å². The third-order valence-corrected chi connectivity index (χ3v) is 4.46. The fourth-order valence-electron chi connectivity index (χ4n) is 2.96. The number of rotatable bonds is 10. The predicted octanol–water partition coefficient (Wildman–Crippen LogP) is 3.15. The number of nitrogens with one attached hydrogen (secondary N) is 2. The summed E-state index contributed by atoms with van der Waals surface area (Å²) in [6, 6.07) is 8.42. The van der Waals surface area contributed by atoms with E-state index in [1.54, 1.807) is 7.05 Å². The standard InChI is InChI=1S/C21H34N4O2.HI/c1-17(2)16-27-13-5-11-23-21(22-3)24-14-18-7-9-19(10-8-18)15-25-12-4-6-20(25)26;/h7-10,17H,4-6,11-16H2,1-3H3,(H2,22,23,24);1H. The number of likely N-dealkylation sites (tertiary alicyclic amines) is 1. The molecule has 1 heterocycles. The first-order chi connectivity index (χ1) is 13.1. The minimum Gasteiger partial charge on any atom is -0.381 e. The number of hydrogen-bond donors (Lipinski definition) is 2. The minimum absolute atomic E-state index is 0. The quantitative estimate of drug-likeness (QED) is 0.223. The second kappa shape index (κ2) is 13.8. The molecule has 2 N–H and O–H groups in total. The molecule has 28 heavy (non-hydrogen) atoms. The van der Waals surface area contributed by atoms with E-state index in [9.17, 15) is 4.79 Å². The summed E-state index contributed by atoms with van der Waals surface area (Å²) in [6.07, 6.45) is 2.63. The molecule has 0 aromatic heterocycles. The van der Waals surface area contributed by atoms with E-state index in [0.29, 0.717) is 25.4 Å². The maximum atomic E-state index is 11.7. The summed E-state index contributed by atoms with van der Waals surface area (Å²) < 4.78 is 5.58. The lowest BCUT2D eigenvalue weighted by atomic mass is 10.1. The molecular weight excluding hydrogens is 467 g/mol. The highest BCUT2D eigenvalue weighted by atomic mass is 127. The summed E-state index contributed by atoms with van der Waals surface area (Å²) in [7, 11) is 1.78. The molecule has 1 aromatic rings. The Morgan fingerprint density at radius 2 is 1.93 bits per heavy atom. The lowest BCUT2D eigenvalue weighted by Crippen LogP contribution is -2.37. The van der Waals surface area contributed by atoms with Gasteiger partial charge in [0.1, 0.15) is 0 Å². The first-order valence-corrected chi connectivity index (χ1v) is 9.96. The van der Waals surface area contributed by atoms with E-state index in [-0.39, 0.29) is 29.9 Å². The fraction of sp³-hybridized carbons (Fsp3) is 0.619. The van der Waals surface area contributed by atoms with Crippen molar-refractivity contribution in [3.05, 3.63) is 35.4 Å². The molecule has 1 aliphatic rings. The Bertz CT molecular complexity index is 605. The second-order valence-corrected chi connectivity index (χ2v) is 7.41. The maximum Gasteiger partial charge on any atom is 0.222 e. The summed E-state index contributed by atoms with van der Waals surface area (Å²) in [5, 5.41) is 6.64. The summed E-state index contributed by atoms with van der Waals surface area (Å²) >= 11 is 0. The van der Waals surface area contributed by atoms with Gasteiger partial charge in [0.05, 0.1) is 0 Å². The van der Waals surface area contributed by atoms with Gasteiger partial charge in [-0.25, -0.2) is 0 Å². The first kappa shape index (κ1) is 24.7. The number of amides is 1. The van der Waals surface area contributed by atoms with Crippen LogP contribution >= 0.6 is 24.0 Å². The smallest absolute Gasteiger partial charge is 0.222 e. The lowest BCUT2D eigenvalue weighted by molar-refractivity contribution is -0.128. The molecular formula is C21H35IN4O2. The van der Waals surface area contributed by atoms with Gasteiger partial charge in [-0.1, -0.05) is 38.1 Å². The Kier molecular flexibility index (Phi) is 12.1. The highest BCUT2D eigenvalue weighted by Gasteiger charge is 2.19. The molecule has 0 spiro atoms. The van der Waals surface area contributed by atoms with Crippen molar-refractivity contribution in [1.29, 1.82) is 0 Å². The zero-order chi connectivity index (χ0) is 19.5. The molecule has 1 aliphatic heterocycles. The van der Waals surface area contributed by atoms with Crippen LogP contribution in [0.1, 0.15) is 44.2 Å². The van der Waals surface area contributed by atoms with E-state index >= 15 is 0 Å². The molecule has 2 rings (SSSR count). The van der Waals surface area contributed by atoms with E-state index in [0.717, 1.165) is 45.1 Å². The van der Waals surface area contributed by atoms with Crippen molar-refractivity contribution in [3.63, 3.8) is 0 Å². The van der Waals surface area contributed by atoms with Crippen molar-refractivity contribution in [2.75, 3.05) is 33.4 Å². The number of aliphatic imine (C=N–C) groups is 1. The SMILES string of the molecule is CN=C(NCCCOCC(C)C)NCc1ccc(CN2CCCC2=O)cc1.I. The second-order valence-electron chi connectivity index (χ2n) is 7.41. The number of carbonyl (C=O) groups excluding carboxylic acids is 1. The predicted molar refractivity (Wildman–Crippen MR) is 125 cm³/mol. The molecule has 0 radical (unpaired) electrons. The summed E-state index contributed by atoms with van der Waals surface area (Å²) in [5.74, 6) is 1.64. The van der Waals surface area contributed by atoms with E-state index in [4.69, 9.17) is 4.74 Å². The van der Waals surface area contributed by atoms with Crippen LogP contribution in [0, 0.1) is 5.92 Å². The van der Waals surface area contributed by atoms with Crippen molar-refractivity contribution in [2.45, 2.75) is 46.2 Å². The monoisotopic (exact) mass is 502 g/mol. The van der Waals surface area contributed by atoms with Crippen molar-refractivity contribution >= 4 is 35.8 Å². The van der Waals surface area contributed by atoms with Crippen LogP contribution in [0.2, 0.25) is 0 Å². The van der Waals surface area contributed by atoms with Crippen LogP contribution in [0.4, 0.5) is 0 Å². The molecule has 7 heteroatoms. The van der Waals surface area contributed by atoms with Crippen LogP contribution in [0.15, 0.2) is 29.3 Å². The van der Waals surface area contributed by atoms with E-state index in [2.05, 4.69) is 53.7 Å². The molecule has 1 aromatic carbocycles. The number of ether oxygens (including phenoxy) is 1. The Hall–Kier alpha value is -1.35. The third-order valence-electron chi connectivity index (χ3n) is 4.46. The number of nitrogens with zero attached hydrogens (tertiary/aromatic N) is 2. The van der Waals surface area contributed by atoms with Gasteiger partial charge in [0.15, 0.2) is 5.96 Å². The van der Waals surface area contributed by atoms with Gasteiger partial charge in [0.25, 0.3) is 0 Å². The van der Waals surface area contributed by atoms with Gasteiger partial charge in [-0.2, -0.15) is 0 Å². The molecule has 0 atom stereocenters. The molecule has 1 amide bonds. The van der Waals surface area contributed by atoms with Crippen molar-refractivity contribution in [1.82, 2.24) is 15.5 Å². The molecule has 0 aliphatic carbocycles. The molecule has 1 fully saturated rings. The van der Waals surface area contributed by atoms with Gasteiger partial charge in [0, 0.05) is 52.9 Å². The molecule has 158 valence electrons. The van der Waals surface area contributed by atoms with Gasteiger partial charge >= 0.3 is 0 Å². The molecule has 0 bridgehead atoms. The number of halogens is 1. The Morgan fingerprint density at radius 1 is 1.21 bits per heavy atom. The average Bonchev–Trinajstić information content (AvgIpc) is 3.06. The number of hydrogen-bond acceptors (Lipinski definition) is 3. The Morgan fingerprint density at radius 3 is 2.54 bits per heavy atom. The summed E-state index contributed by atoms with van der Waals surface area (Å²) in [4.78, 5) is 17.9. The van der Waals surface area contributed by atoms with Crippen LogP contribution in [-0.2, 0) is 22.6 Å². The normalized spacial score (nSPS) is 14.4. The molecule has 0 unspecified atom stereocenters. The zero-order valence-electron chi connectivity index (χ0n) is 17.4. The molecule has 1 saturated heterocycles. The van der Waals surface area contributed by atoms with Crippen LogP contribution in [-0.4, -0.2) is 50.1 Å². The van der Waals surface area contributed by atoms with Gasteiger partial charge in [-0.15, -0.1) is 24.0 Å². The third kappa shape index (κ3) is 9.23. The minimum atomic E-state index is 0. The average molecular weight is 502 g/mol. The van der Waals surface area contributed by atoms with E-state index in [1.165, 1.54) is 11.1 Å². The lowest BCUT2D eigenvalue weighted by Gasteiger charge is -2.16. The van der Waals surface area contributed by atoms with Gasteiger partial charge < -0.3 is 20.3 Å². The Labute approximate surface area is 186 Å². The molecule has 6 nitrogen and oxygen atoms in total. The summed E-state index contributed by atoms with van der Waals surface area (Å²) in [5.41, 5.74) is 2.37. The highest BCUT2D eigenvalue weighted by molar-refractivity contribution is 14.0. The van der Waals surface area contributed by atoms with Crippen LogP contribution < -0.4 is 10.6 Å². The fourth-order valence-corrected chi connectivity index (χ4v) is 2.96. The van der Waals surface area contributed by atoms with Crippen LogP contribution in [0.25, 0.3) is 0 Å². The largest absolute Gasteiger partial charge is 0.381 e. The highest BCUT2D eigenvalue weighted by Crippen LogP contribution is 2.14. The topological polar surface area (TPSA) is 66.0 Å². The van der Waals surface area contributed by atoms with E-state index < -0.39 is 0 Å². The molecule has 0 saturated carbocycles. The zero-order valence-corrected chi connectivity index (χ0v) is 19.7. The summed E-state index contributed by atoms with van der Waals surface area (Å²) in [6.45, 7) is 9.04. The number of carbonyl (C=O) groups is 1. The van der Waals surface area contributed by atoms with Crippen LogP contribution in [0.5, 0.6) is 0 Å². The number of guanidine groups is 1.